The van der Waals surface area contributed by atoms with Gasteiger partial charge in [-0.1, -0.05) is 12.1 Å². The first-order valence-electron chi connectivity index (χ1n) is 9.46. The van der Waals surface area contributed by atoms with Crippen molar-refractivity contribution in [1.29, 1.82) is 0 Å². The maximum atomic E-state index is 14.9. The van der Waals surface area contributed by atoms with E-state index in [1.165, 1.54) is 50.3 Å². The first-order chi connectivity index (χ1) is 15.0. The predicted octanol–water partition coefficient (Wildman–Crippen LogP) is -0.116. The van der Waals surface area contributed by atoms with Crippen molar-refractivity contribution in [2.75, 3.05) is 25.9 Å². The van der Waals surface area contributed by atoms with Gasteiger partial charge in [0.05, 0.1) is 5.69 Å². The van der Waals surface area contributed by atoms with Crippen molar-refractivity contribution in [2.24, 2.45) is 0 Å². The number of nitrogens with zero attached hydrogens (tertiary/aromatic N) is 1. The minimum atomic E-state index is -3.91. The van der Waals surface area contributed by atoms with Crippen LogP contribution in [-0.4, -0.2) is 40.6 Å². The van der Waals surface area contributed by atoms with Gasteiger partial charge in [0.15, 0.2) is 5.82 Å². The molecular weight excluding hydrogens is 464 g/mol. The van der Waals surface area contributed by atoms with Crippen LogP contribution in [-0.2, 0) is 16.6 Å². The Morgan fingerprint density at radius 2 is 1.94 bits per heavy atom. The number of hydrogen-bond donors (Lipinski definition) is 2. The van der Waals surface area contributed by atoms with Gasteiger partial charge < -0.3 is 15.5 Å². The van der Waals surface area contributed by atoms with Gasteiger partial charge in [0, 0.05) is 44.6 Å². The number of fused-ring (bicyclic) bond motifs is 1. The molecule has 9 nitrogen and oxygen atoms in total. The Morgan fingerprint density at radius 3 is 2.58 bits per heavy atom. The number of aryl methyl sites for hydroxylation is 1. The zero-order valence-electron chi connectivity index (χ0n) is 19.9. The summed E-state index contributed by atoms with van der Waals surface area (Å²) in [6, 6.07) is 8.86. The van der Waals surface area contributed by atoms with E-state index in [2.05, 4.69) is 4.72 Å². The molecule has 33 heavy (non-hydrogen) atoms. The van der Waals surface area contributed by atoms with Gasteiger partial charge in [-0.25, -0.2) is 18.7 Å². The second kappa shape index (κ2) is 10.7. The summed E-state index contributed by atoms with van der Waals surface area (Å²) in [4.78, 5) is 25.6. The zero-order valence-corrected chi connectivity index (χ0v) is 21.7. The van der Waals surface area contributed by atoms with E-state index in [4.69, 9.17) is 9.15 Å². The summed E-state index contributed by atoms with van der Waals surface area (Å²) in [5.74, 6) is -0.585. The van der Waals surface area contributed by atoms with Gasteiger partial charge in [-0.2, -0.15) is 8.42 Å². The van der Waals surface area contributed by atoms with E-state index in [9.17, 15) is 22.4 Å². The molecular formula is C21H23FN3NaO6S. The molecule has 1 aromatic heterocycles. The molecule has 0 fully saturated rings. The smallest absolute Gasteiger partial charge is 1.00 e. The van der Waals surface area contributed by atoms with Crippen molar-refractivity contribution < 1.29 is 57.7 Å². The van der Waals surface area contributed by atoms with Crippen molar-refractivity contribution in [3.63, 3.8) is 0 Å². The molecule has 0 saturated carbocycles. The average Bonchev–Trinajstić information content (AvgIpc) is 2.73. The fraction of sp³-hybridized carbons (Fsp3) is 0.238. The van der Waals surface area contributed by atoms with Gasteiger partial charge in [-0.3, -0.25) is 4.72 Å². The van der Waals surface area contributed by atoms with Crippen molar-refractivity contribution in [3.05, 3.63) is 69.3 Å². The van der Waals surface area contributed by atoms with E-state index in [1.807, 2.05) is 4.72 Å². The Morgan fingerprint density at radius 1 is 1.24 bits per heavy atom. The third-order valence-electron chi connectivity index (χ3n) is 4.79. The summed E-state index contributed by atoms with van der Waals surface area (Å²) in [5.41, 5.74) is 0.216. The van der Waals surface area contributed by atoms with E-state index in [0.717, 1.165) is 0 Å². The molecule has 172 valence electrons. The summed E-state index contributed by atoms with van der Waals surface area (Å²) < 4.78 is 53.0. The molecule has 0 spiro atoms. The standard InChI is InChI=1S/C21H22FN3O6S.Na.H/c1-12-15-9-8-14(30-21(27)25(3)4)11-18(15)31-20(26)16(12)10-13-6-5-7-17(19(13)22)24-32(28,29)23-2;;/h5-9,11,23-24H,10H2,1-4H3;;/q;+1;-1. The van der Waals surface area contributed by atoms with Crippen LogP contribution in [0.5, 0.6) is 5.75 Å². The molecule has 1 heterocycles. The maximum Gasteiger partial charge on any atom is 1.00 e. The topological polar surface area (TPSA) is 118 Å². The van der Waals surface area contributed by atoms with Crippen molar-refractivity contribution in [1.82, 2.24) is 9.62 Å². The Bertz CT molecular complexity index is 1360. The number of nitrogens with one attached hydrogen (secondary N) is 2. The zero-order chi connectivity index (χ0) is 23.6. The predicted molar refractivity (Wildman–Crippen MR) is 119 cm³/mol. The second-order valence-electron chi connectivity index (χ2n) is 7.18. The average molecular weight is 487 g/mol. The monoisotopic (exact) mass is 487 g/mol. The SMILES string of the molecule is CNS(=O)(=O)Nc1cccc(Cc2c(C)c3ccc(OC(=O)N(C)C)cc3oc2=O)c1F.[H-].[Na+]. The van der Waals surface area contributed by atoms with Gasteiger partial charge in [-0.15, -0.1) is 0 Å². The first-order valence-corrected chi connectivity index (χ1v) is 10.9. The Labute approximate surface area is 213 Å². The van der Waals surface area contributed by atoms with Gasteiger partial charge in [-0.05, 0) is 36.2 Å². The molecule has 0 aliphatic rings. The minimum Gasteiger partial charge on any atom is -1.00 e. The first kappa shape index (κ1) is 26.8. The number of amides is 1. The van der Waals surface area contributed by atoms with Gasteiger partial charge >= 0.3 is 41.3 Å². The molecule has 12 heteroatoms. The van der Waals surface area contributed by atoms with Crippen LogP contribution >= 0.6 is 0 Å². The molecule has 0 radical (unpaired) electrons. The van der Waals surface area contributed by atoms with E-state index in [-0.39, 0.29) is 65.6 Å². The van der Waals surface area contributed by atoms with Crippen LogP contribution < -0.4 is 49.4 Å². The Hall–Kier alpha value is -2.44. The number of rotatable bonds is 6. The summed E-state index contributed by atoms with van der Waals surface area (Å²) in [5, 5.41) is 0.594. The minimum absolute atomic E-state index is 0. The number of benzene rings is 2. The molecule has 1 amide bonds. The normalized spacial score (nSPS) is 11.1. The van der Waals surface area contributed by atoms with Crippen LogP contribution in [0.25, 0.3) is 11.0 Å². The van der Waals surface area contributed by atoms with Gasteiger partial charge in [0.1, 0.15) is 11.3 Å². The molecule has 0 aliphatic carbocycles. The molecule has 0 saturated heterocycles. The fourth-order valence-electron chi connectivity index (χ4n) is 3.02. The van der Waals surface area contributed by atoms with E-state index in [0.29, 0.717) is 10.9 Å². The van der Waals surface area contributed by atoms with Crippen molar-refractivity contribution in [2.45, 2.75) is 13.3 Å². The summed E-state index contributed by atoms with van der Waals surface area (Å²) in [6.45, 7) is 1.70. The second-order valence-corrected chi connectivity index (χ2v) is 8.80. The number of hydrogen-bond acceptors (Lipinski definition) is 6. The van der Waals surface area contributed by atoms with Crippen LogP contribution in [0.1, 0.15) is 18.1 Å². The third kappa shape index (κ3) is 6.12. The van der Waals surface area contributed by atoms with Gasteiger partial charge in [0.25, 0.3) is 10.2 Å². The summed E-state index contributed by atoms with van der Waals surface area (Å²) >= 11 is 0. The largest absolute Gasteiger partial charge is 1.00 e. The van der Waals surface area contributed by atoms with Gasteiger partial charge in [0.2, 0.25) is 0 Å². The number of carbonyl (C=O) groups excluding carboxylic acids is 1. The van der Waals surface area contributed by atoms with Crippen LogP contribution in [0.4, 0.5) is 14.9 Å². The molecule has 2 N–H and O–H groups in total. The van der Waals surface area contributed by atoms with E-state index < -0.39 is 27.7 Å². The fourth-order valence-corrected chi connectivity index (χ4v) is 3.56. The third-order valence-corrected chi connectivity index (χ3v) is 5.81. The molecule has 3 aromatic rings. The number of anilines is 1. The van der Waals surface area contributed by atoms with Crippen LogP contribution in [0.15, 0.2) is 45.6 Å². The van der Waals surface area contributed by atoms with Crippen LogP contribution in [0.3, 0.4) is 0 Å². The Kier molecular flexibility index (Phi) is 8.66. The number of halogens is 1. The maximum absolute atomic E-state index is 14.9. The van der Waals surface area contributed by atoms with Crippen molar-refractivity contribution >= 4 is 33.0 Å². The quantitative estimate of drug-likeness (QED) is 0.370. The van der Waals surface area contributed by atoms with E-state index in [1.54, 1.807) is 19.1 Å². The molecule has 0 bridgehead atoms. The van der Waals surface area contributed by atoms with Crippen LogP contribution in [0.2, 0.25) is 0 Å². The van der Waals surface area contributed by atoms with Crippen molar-refractivity contribution in [3.8, 4) is 5.75 Å². The summed E-state index contributed by atoms with van der Waals surface area (Å²) in [6.07, 6.45) is -0.688. The molecule has 0 unspecified atom stereocenters. The Balaban J connectivity index is 0.00000289. The molecule has 2 aromatic carbocycles. The number of carbonyl (C=O) groups is 1. The van der Waals surface area contributed by atoms with Crippen LogP contribution in [0, 0.1) is 12.7 Å². The molecule has 3 rings (SSSR count). The molecule has 0 atom stereocenters. The number of ether oxygens (including phenoxy) is 1. The molecule has 0 aliphatic heterocycles. The summed E-state index contributed by atoms with van der Waals surface area (Å²) in [7, 11) is 0.367. The van der Waals surface area contributed by atoms with E-state index >= 15 is 0 Å².